The van der Waals surface area contributed by atoms with Gasteiger partial charge in [-0.3, -0.25) is 20.2 Å². The summed E-state index contributed by atoms with van der Waals surface area (Å²) in [6, 6.07) is 18.4. The molecule has 0 aromatic heterocycles. The molecule has 0 aliphatic rings. The van der Waals surface area contributed by atoms with Gasteiger partial charge in [-0.2, -0.15) is 0 Å². The van der Waals surface area contributed by atoms with Gasteiger partial charge in [-0.05, 0) is 63.8 Å². The lowest BCUT2D eigenvalue weighted by atomic mass is 10.2. The average molecular weight is 555 g/mol. The van der Waals surface area contributed by atoms with E-state index in [-0.39, 0.29) is 23.9 Å². The smallest absolute Gasteiger partial charge is 0.291 e. The third-order valence-corrected chi connectivity index (χ3v) is 5.31. The fraction of sp³-hybridized carbons (Fsp3) is 0.467. The van der Waals surface area contributed by atoms with Crippen LogP contribution < -0.4 is 10.6 Å². The van der Waals surface area contributed by atoms with E-state index < -0.39 is 0 Å². The number of hydrogen-bond donors (Lipinski definition) is 2. The lowest BCUT2D eigenvalue weighted by Gasteiger charge is -2.09. The second kappa shape index (κ2) is 21.1. The third-order valence-electron chi connectivity index (χ3n) is 5.31. The maximum atomic E-state index is 12.3. The van der Waals surface area contributed by atoms with Gasteiger partial charge < -0.3 is 18.9 Å². The first-order chi connectivity index (χ1) is 19.6. The van der Waals surface area contributed by atoms with Crippen molar-refractivity contribution < 1.29 is 28.5 Å². The largest absolute Gasteiger partial charge is 0.465 e. The summed E-state index contributed by atoms with van der Waals surface area (Å²) in [5, 5.41) is 5.41. The topological polar surface area (TPSA) is 120 Å². The van der Waals surface area contributed by atoms with Gasteiger partial charge in [0.25, 0.3) is 23.9 Å². The number of aliphatic imine (C=N–C) groups is 2. The predicted octanol–water partition coefficient (Wildman–Crippen LogP) is 4.23. The maximum Gasteiger partial charge on any atom is 0.291 e. The van der Waals surface area contributed by atoms with Crippen molar-refractivity contribution in [2.45, 2.75) is 39.5 Å². The molecule has 0 fully saturated rings. The van der Waals surface area contributed by atoms with Crippen molar-refractivity contribution in [3.63, 3.8) is 0 Å². The van der Waals surface area contributed by atoms with E-state index in [0.717, 1.165) is 25.7 Å². The molecular formula is C30H42N4O6. The van der Waals surface area contributed by atoms with E-state index in [1.165, 1.54) is 0 Å². The van der Waals surface area contributed by atoms with E-state index in [9.17, 15) is 9.59 Å². The summed E-state index contributed by atoms with van der Waals surface area (Å²) in [4.78, 5) is 33.2. The van der Waals surface area contributed by atoms with Gasteiger partial charge in [-0.15, -0.1) is 0 Å². The molecule has 0 heterocycles. The number of rotatable bonds is 17. The molecule has 2 aromatic carbocycles. The van der Waals surface area contributed by atoms with Crippen molar-refractivity contribution in [2.24, 2.45) is 9.98 Å². The number of benzene rings is 2. The van der Waals surface area contributed by atoms with Crippen molar-refractivity contribution in [1.29, 1.82) is 0 Å². The van der Waals surface area contributed by atoms with Crippen LogP contribution in [0.3, 0.4) is 0 Å². The second-order valence-electron chi connectivity index (χ2n) is 8.52. The SMILES string of the molecule is CCOC(=NCCCOCCCCOCCCN=C(NC(=O)c1ccccc1)OCC)NC(=O)c1ccccc1. The molecule has 0 atom stereocenters. The number of carbonyl (C=O) groups excluding carboxylic acids is 2. The minimum atomic E-state index is -0.249. The van der Waals surface area contributed by atoms with E-state index in [0.29, 0.717) is 63.9 Å². The molecule has 0 spiro atoms. The molecule has 2 N–H and O–H groups in total. The first-order valence-corrected chi connectivity index (χ1v) is 13.9. The summed E-state index contributed by atoms with van der Waals surface area (Å²) in [5.41, 5.74) is 1.10. The Kier molecular flexibility index (Phi) is 17.1. The van der Waals surface area contributed by atoms with Crippen LogP contribution in [0.25, 0.3) is 0 Å². The molecule has 0 saturated carbocycles. The zero-order valence-corrected chi connectivity index (χ0v) is 23.6. The van der Waals surface area contributed by atoms with E-state index >= 15 is 0 Å². The maximum absolute atomic E-state index is 12.3. The monoisotopic (exact) mass is 554 g/mol. The number of nitrogens with one attached hydrogen (secondary N) is 2. The van der Waals surface area contributed by atoms with Gasteiger partial charge in [0.05, 0.1) is 13.2 Å². The first kappa shape index (κ1) is 32.5. The highest BCUT2D eigenvalue weighted by atomic mass is 16.5. The zero-order chi connectivity index (χ0) is 28.7. The van der Waals surface area contributed by atoms with Crippen LogP contribution in [-0.4, -0.2) is 76.6 Å². The Hall–Kier alpha value is -3.76. The number of amidine groups is 2. The summed E-state index contributed by atoms with van der Waals surface area (Å²) >= 11 is 0. The van der Waals surface area contributed by atoms with E-state index in [1.54, 1.807) is 24.3 Å². The van der Waals surface area contributed by atoms with Gasteiger partial charge in [-0.25, -0.2) is 9.98 Å². The number of ether oxygens (including phenoxy) is 4. The Morgan fingerprint density at radius 3 is 1.35 bits per heavy atom. The highest BCUT2D eigenvalue weighted by molar-refractivity contribution is 6.04. The van der Waals surface area contributed by atoms with Gasteiger partial charge in [-0.1, -0.05) is 36.4 Å². The molecule has 10 nitrogen and oxygen atoms in total. The van der Waals surface area contributed by atoms with Gasteiger partial charge in [0.15, 0.2) is 0 Å². The van der Waals surface area contributed by atoms with Crippen LogP contribution >= 0.6 is 0 Å². The average Bonchev–Trinajstić information content (AvgIpc) is 2.98. The van der Waals surface area contributed by atoms with E-state index in [1.807, 2.05) is 50.2 Å². The van der Waals surface area contributed by atoms with Crippen LogP contribution in [0.5, 0.6) is 0 Å². The highest BCUT2D eigenvalue weighted by Crippen LogP contribution is 2.00. The Bertz CT molecular complexity index is 948. The van der Waals surface area contributed by atoms with E-state index in [4.69, 9.17) is 18.9 Å². The molecule has 0 aliphatic carbocycles. The molecule has 0 radical (unpaired) electrons. The van der Waals surface area contributed by atoms with Crippen molar-refractivity contribution >= 4 is 23.9 Å². The van der Waals surface area contributed by atoms with Crippen LogP contribution in [-0.2, 0) is 18.9 Å². The Labute approximate surface area is 237 Å². The van der Waals surface area contributed by atoms with Gasteiger partial charge in [0, 0.05) is 50.6 Å². The summed E-state index contributed by atoms with van der Waals surface area (Å²) in [6.07, 6.45) is 3.26. The zero-order valence-electron chi connectivity index (χ0n) is 23.6. The molecule has 10 heteroatoms. The summed E-state index contributed by atoms with van der Waals surface area (Å²) < 4.78 is 22.2. The first-order valence-electron chi connectivity index (χ1n) is 13.9. The lowest BCUT2D eigenvalue weighted by molar-refractivity contribution is 0.0956. The second-order valence-corrected chi connectivity index (χ2v) is 8.52. The summed E-state index contributed by atoms with van der Waals surface area (Å²) in [6.45, 7) is 7.99. The summed E-state index contributed by atoms with van der Waals surface area (Å²) in [7, 11) is 0. The normalized spacial score (nSPS) is 11.7. The fourth-order valence-electron chi connectivity index (χ4n) is 3.34. The van der Waals surface area contributed by atoms with Crippen molar-refractivity contribution in [1.82, 2.24) is 10.6 Å². The number of unbranched alkanes of at least 4 members (excludes halogenated alkanes) is 1. The Morgan fingerprint density at radius 1 is 0.600 bits per heavy atom. The minimum absolute atomic E-state index is 0.227. The number of hydrogen-bond acceptors (Lipinski definition) is 8. The van der Waals surface area contributed by atoms with Gasteiger partial charge in [0.1, 0.15) is 0 Å². The molecule has 0 unspecified atom stereocenters. The molecular weight excluding hydrogens is 512 g/mol. The molecule has 2 amide bonds. The molecule has 2 rings (SSSR count). The highest BCUT2D eigenvalue weighted by Gasteiger charge is 2.10. The molecule has 218 valence electrons. The van der Waals surface area contributed by atoms with Gasteiger partial charge in [0.2, 0.25) is 0 Å². The Morgan fingerprint density at radius 2 is 0.975 bits per heavy atom. The lowest BCUT2D eigenvalue weighted by Crippen LogP contribution is -2.32. The van der Waals surface area contributed by atoms with Crippen molar-refractivity contribution in [3.05, 3.63) is 71.8 Å². The Balaban J connectivity index is 1.48. The molecule has 0 bridgehead atoms. The third kappa shape index (κ3) is 14.4. The van der Waals surface area contributed by atoms with Crippen molar-refractivity contribution in [2.75, 3.05) is 52.7 Å². The molecule has 0 aliphatic heterocycles. The molecule has 40 heavy (non-hydrogen) atoms. The van der Waals surface area contributed by atoms with Gasteiger partial charge >= 0.3 is 0 Å². The quantitative estimate of drug-likeness (QED) is 0.172. The van der Waals surface area contributed by atoms with Crippen LogP contribution in [0.15, 0.2) is 70.6 Å². The summed E-state index contributed by atoms with van der Waals surface area (Å²) in [5.74, 6) is -0.497. The predicted molar refractivity (Wildman–Crippen MR) is 156 cm³/mol. The van der Waals surface area contributed by atoms with Crippen LogP contribution in [0.1, 0.15) is 60.2 Å². The molecule has 0 saturated heterocycles. The number of amides is 2. The molecule has 2 aromatic rings. The number of nitrogens with zero attached hydrogens (tertiary/aromatic N) is 2. The van der Waals surface area contributed by atoms with Crippen LogP contribution in [0, 0.1) is 0 Å². The van der Waals surface area contributed by atoms with Crippen LogP contribution in [0.2, 0.25) is 0 Å². The standard InChI is InChI=1S/C30H42N4O6/c1-3-39-29(33-27(35)25-15-7-5-8-16-25)31-19-13-23-37-21-11-12-22-38-24-14-20-32-30(40-4-2)34-28(36)26-17-9-6-10-18-26/h5-10,15-18H,3-4,11-14,19-24H2,1-2H3,(H,31,33,35)(H,32,34,36). The fourth-order valence-corrected chi connectivity index (χ4v) is 3.34. The van der Waals surface area contributed by atoms with E-state index in [2.05, 4.69) is 20.6 Å². The minimum Gasteiger partial charge on any atom is -0.465 e. The van der Waals surface area contributed by atoms with Crippen molar-refractivity contribution in [3.8, 4) is 0 Å². The number of carbonyl (C=O) groups is 2. The van der Waals surface area contributed by atoms with Crippen LogP contribution in [0.4, 0.5) is 0 Å².